The number of nitrogens with two attached hydrogens (primary N) is 2. The Bertz CT molecular complexity index is 915. The second kappa shape index (κ2) is 6.68. The molecule has 0 bridgehead atoms. The van der Waals surface area contributed by atoms with Gasteiger partial charge < -0.3 is 25.8 Å². The van der Waals surface area contributed by atoms with E-state index in [1.54, 1.807) is 14.2 Å². The lowest BCUT2D eigenvalue weighted by molar-refractivity contribution is 0.394. The van der Waals surface area contributed by atoms with Crippen LogP contribution < -0.4 is 25.8 Å². The van der Waals surface area contributed by atoms with E-state index in [1.807, 2.05) is 42.3 Å². The van der Waals surface area contributed by atoms with Crippen molar-refractivity contribution in [1.29, 1.82) is 0 Å². The minimum Gasteiger partial charge on any atom is -0.497 e. The minimum atomic E-state index is 0.139. The number of rotatable bonds is 5. The van der Waals surface area contributed by atoms with Crippen LogP contribution in [0, 0.1) is 0 Å². The van der Waals surface area contributed by atoms with Crippen molar-refractivity contribution >= 4 is 28.5 Å². The summed E-state index contributed by atoms with van der Waals surface area (Å²) in [5.74, 6) is 1.87. The summed E-state index contributed by atoms with van der Waals surface area (Å²) in [4.78, 5) is 14.7. The molecule has 0 radical (unpaired) electrons. The van der Waals surface area contributed by atoms with Crippen LogP contribution in [0.4, 0.5) is 17.5 Å². The third kappa shape index (κ3) is 3.32. The summed E-state index contributed by atoms with van der Waals surface area (Å²) >= 11 is 0. The number of aromatic nitrogens is 3. The van der Waals surface area contributed by atoms with E-state index in [2.05, 4.69) is 15.0 Å². The van der Waals surface area contributed by atoms with Gasteiger partial charge in [0.2, 0.25) is 5.95 Å². The maximum absolute atomic E-state index is 5.90. The van der Waals surface area contributed by atoms with Crippen LogP contribution >= 0.6 is 0 Å². The predicted octanol–water partition coefficient (Wildman–Crippen LogP) is 1.84. The van der Waals surface area contributed by atoms with Gasteiger partial charge in [0.05, 0.1) is 37.7 Å². The average Bonchev–Trinajstić information content (AvgIpc) is 2.61. The van der Waals surface area contributed by atoms with Crippen molar-refractivity contribution in [3.05, 3.63) is 36.0 Å². The fourth-order valence-electron chi connectivity index (χ4n) is 2.61. The first-order valence-corrected chi connectivity index (χ1v) is 7.63. The van der Waals surface area contributed by atoms with Crippen molar-refractivity contribution < 1.29 is 9.47 Å². The Morgan fingerprint density at radius 3 is 2.52 bits per heavy atom. The zero-order valence-corrected chi connectivity index (χ0v) is 14.4. The van der Waals surface area contributed by atoms with Crippen LogP contribution in [0.1, 0.15) is 5.69 Å². The lowest BCUT2D eigenvalue weighted by atomic mass is 10.2. The van der Waals surface area contributed by atoms with E-state index in [1.165, 1.54) is 0 Å². The molecule has 0 aliphatic heterocycles. The van der Waals surface area contributed by atoms with Gasteiger partial charge in [-0.15, -0.1) is 0 Å². The van der Waals surface area contributed by atoms with Crippen LogP contribution in [0.3, 0.4) is 0 Å². The molecule has 1 aromatic carbocycles. The van der Waals surface area contributed by atoms with Gasteiger partial charge in [-0.3, -0.25) is 0 Å². The molecule has 0 saturated carbocycles. The molecule has 0 aliphatic rings. The molecule has 3 rings (SSSR count). The molecule has 0 atom stereocenters. The monoisotopic (exact) mass is 340 g/mol. The quantitative estimate of drug-likeness (QED) is 0.723. The summed E-state index contributed by atoms with van der Waals surface area (Å²) in [6.45, 7) is 0.558. The van der Waals surface area contributed by atoms with Crippen molar-refractivity contribution in [1.82, 2.24) is 15.0 Å². The zero-order chi connectivity index (χ0) is 18.0. The Balaban J connectivity index is 1.90. The van der Waals surface area contributed by atoms with Gasteiger partial charge in [0.25, 0.3) is 0 Å². The number of methoxy groups -OCH3 is 2. The topological polar surface area (TPSA) is 112 Å². The number of hydrogen-bond acceptors (Lipinski definition) is 8. The molecule has 0 amide bonds. The number of fused-ring (bicyclic) bond motifs is 1. The first-order valence-electron chi connectivity index (χ1n) is 7.63. The van der Waals surface area contributed by atoms with Crippen molar-refractivity contribution in [3.63, 3.8) is 0 Å². The highest BCUT2D eigenvalue weighted by Gasteiger charge is 2.12. The standard InChI is InChI=1S/C17H20N6O2/c1-23(13-7-5-11(24-2)8-14(13)25-3)9-10-4-6-12-15(20-10)16(18)22-17(19)21-12/h4-8H,9H2,1-3H3,(H4,18,19,21,22). The average molecular weight is 340 g/mol. The SMILES string of the molecule is COc1ccc(N(C)Cc2ccc3nc(N)nc(N)c3n2)c(OC)c1. The Labute approximate surface area is 145 Å². The van der Waals surface area contributed by atoms with E-state index >= 15 is 0 Å². The predicted molar refractivity (Wildman–Crippen MR) is 97.8 cm³/mol. The first-order chi connectivity index (χ1) is 12.0. The Hall–Kier alpha value is -3.29. The largest absolute Gasteiger partial charge is 0.497 e. The molecule has 8 heteroatoms. The van der Waals surface area contributed by atoms with Crippen LogP contribution in [0.25, 0.3) is 11.0 Å². The van der Waals surface area contributed by atoms with Crippen molar-refractivity contribution in [2.24, 2.45) is 0 Å². The van der Waals surface area contributed by atoms with E-state index in [0.29, 0.717) is 17.6 Å². The van der Waals surface area contributed by atoms with Gasteiger partial charge in [-0.2, -0.15) is 4.98 Å². The van der Waals surface area contributed by atoms with Gasteiger partial charge >= 0.3 is 0 Å². The number of anilines is 3. The van der Waals surface area contributed by atoms with Crippen LogP contribution in [0.5, 0.6) is 11.5 Å². The zero-order valence-electron chi connectivity index (χ0n) is 14.4. The number of nitrogens with zero attached hydrogens (tertiary/aromatic N) is 4. The second-order valence-electron chi connectivity index (χ2n) is 5.53. The third-order valence-corrected chi connectivity index (χ3v) is 3.84. The molecule has 0 aliphatic carbocycles. The van der Waals surface area contributed by atoms with Crippen molar-refractivity contribution in [2.45, 2.75) is 6.54 Å². The highest BCUT2D eigenvalue weighted by molar-refractivity contribution is 5.84. The molecule has 0 saturated heterocycles. The smallest absolute Gasteiger partial charge is 0.222 e. The van der Waals surface area contributed by atoms with Gasteiger partial charge in [-0.25, -0.2) is 9.97 Å². The van der Waals surface area contributed by atoms with Crippen LogP contribution in [0.2, 0.25) is 0 Å². The second-order valence-corrected chi connectivity index (χ2v) is 5.53. The molecule has 0 fully saturated rings. The van der Waals surface area contributed by atoms with E-state index < -0.39 is 0 Å². The van der Waals surface area contributed by atoms with Gasteiger partial charge in [0, 0.05) is 13.1 Å². The van der Waals surface area contributed by atoms with E-state index in [0.717, 1.165) is 22.9 Å². The van der Waals surface area contributed by atoms with Gasteiger partial charge in [-0.1, -0.05) is 0 Å². The van der Waals surface area contributed by atoms with E-state index in [9.17, 15) is 0 Å². The molecule has 0 unspecified atom stereocenters. The lowest BCUT2D eigenvalue weighted by Gasteiger charge is -2.22. The molecule has 2 heterocycles. The molecule has 8 nitrogen and oxygen atoms in total. The molecular weight excluding hydrogens is 320 g/mol. The Morgan fingerprint density at radius 2 is 1.80 bits per heavy atom. The first kappa shape index (κ1) is 16.6. The summed E-state index contributed by atoms with van der Waals surface area (Å²) in [7, 11) is 5.21. The van der Waals surface area contributed by atoms with E-state index in [4.69, 9.17) is 20.9 Å². The summed E-state index contributed by atoms with van der Waals surface area (Å²) in [6.07, 6.45) is 0. The lowest BCUT2D eigenvalue weighted by Crippen LogP contribution is -2.18. The fraction of sp³-hybridized carbons (Fsp3) is 0.235. The number of hydrogen-bond donors (Lipinski definition) is 2. The molecule has 4 N–H and O–H groups in total. The van der Waals surface area contributed by atoms with Crippen LogP contribution in [0.15, 0.2) is 30.3 Å². The molecule has 2 aromatic heterocycles. The van der Waals surface area contributed by atoms with E-state index in [-0.39, 0.29) is 11.8 Å². The summed E-state index contributed by atoms with van der Waals surface area (Å²) in [5.41, 5.74) is 14.4. The summed E-state index contributed by atoms with van der Waals surface area (Å²) < 4.78 is 10.7. The number of pyridine rings is 1. The molecule has 3 aromatic rings. The van der Waals surface area contributed by atoms with Gasteiger partial charge in [0.15, 0.2) is 5.82 Å². The molecular formula is C17H20N6O2. The normalized spacial score (nSPS) is 10.7. The maximum Gasteiger partial charge on any atom is 0.222 e. The van der Waals surface area contributed by atoms with Crippen molar-refractivity contribution in [3.8, 4) is 11.5 Å². The Kier molecular flexibility index (Phi) is 4.42. The molecule has 130 valence electrons. The third-order valence-electron chi connectivity index (χ3n) is 3.84. The summed E-state index contributed by atoms with van der Waals surface area (Å²) in [5, 5.41) is 0. The van der Waals surface area contributed by atoms with Gasteiger partial charge in [0.1, 0.15) is 17.0 Å². The van der Waals surface area contributed by atoms with Crippen LogP contribution in [-0.2, 0) is 6.54 Å². The molecule has 25 heavy (non-hydrogen) atoms. The summed E-state index contributed by atoms with van der Waals surface area (Å²) in [6, 6.07) is 9.40. The van der Waals surface area contributed by atoms with Crippen molar-refractivity contribution in [2.75, 3.05) is 37.6 Å². The molecule has 0 spiro atoms. The number of nitrogen functional groups attached to an aromatic ring is 2. The van der Waals surface area contributed by atoms with Crippen LogP contribution in [-0.4, -0.2) is 36.2 Å². The maximum atomic E-state index is 5.90. The highest BCUT2D eigenvalue weighted by atomic mass is 16.5. The Morgan fingerprint density at radius 1 is 1.00 bits per heavy atom. The highest BCUT2D eigenvalue weighted by Crippen LogP contribution is 2.32. The minimum absolute atomic E-state index is 0.139. The number of ether oxygens (including phenoxy) is 2. The number of benzene rings is 1. The fourth-order valence-corrected chi connectivity index (χ4v) is 2.61. The van der Waals surface area contributed by atoms with Gasteiger partial charge in [-0.05, 0) is 24.3 Å².